The molecule has 0 aliphatic carbocycles. The second-order valence-corrected chi connectivity index (χ2v) is 5.20. The number of nitrogens with zero attached hydrogens (tertiary/aromatic N) is 2. The molecule has 1 aromatic heterocycles. The van der Waals surface area contributed by atoms with E-state index in [0.29, 0.717) is 17.2 Å². The van der Waals surface area contributed by atoms with E-state index in [2.05, 4.69) is 11.1 Å². The predicted octanol–water partition coefficient (Wildman–Crippen LogP) is 2.61. The van der Waals surface area contributed by atoms with Crippen molar-refractivity contribution in [1.82, 2.24) is 4.98 Å². The van der Waals surface area contributed by atoms with E-state index >= 15 is 0 Å². The smallest absolute Gasteiger partial charge is 0.319 e. The lowest BCUT2D eigenvalue weighted by molar-refractivity contribution is -0.142. The van der Waals surface area contributed by atoms with Gasteiger partial charge < -0.3 is 4.74 Å². The molecule has 4 nitrogen and oxygen atoms in total. The maximum absolute atomic E-state index is 11.5. The lowest BCUT2D eigenvalue weighted by Crippen LogP contribution is -2.17. The molecule has 0 saturated heterocycles. The molecule has 0 aliphatic heterocycles. The summed E-state index contributed by atoms with van der Waals surface area (Å²) >= 11 is 1.26. The van der Waals surface area contributed by atoms with Gasteiger partial charge in [-0.3, -0.25) is 4.79 Å². The van der Waals surface area contributed by atoms with Gasteiger partial charge in [-0.05, 0) is 39.3 Å². The zero-order valence-electron chi connectivity index (χ0n) is 11.0. The second-order valence-electron chi connectivity index (χ2n) is 3.87. The average Bonchev–Trinajstić information content (AvgIpc) is 2.33. The van der Waals surface area contributed by atoms with Crippen molar-refractivity contribution in [2.45, 2.75) is 38.0 Å². The number of rotatable bonds is 4. The van der Waals surface area contributed by atoms with Gasteiger partial charge in [-0.25, -0.2) is 4.98 Å². The Morgan fingerprint density at radius 2 is 2.28 bits per heavy atom. The third-order valence-electron chi connectivity index (χ3n) is 2.46. The number of thioether (sulfide) groups is 1. The van der Waals surface area contributed by atoms with Crippen LogP contribution < -0.4 is 0 Å². The summed E-state index contributed by atoms with van der Waals surface area (Å²) < 4.78 is 4.93. The van der Waals surface area contributed by atoms with Gasteiger partial charge in [0.1, 0.15) is 16.3 Å². The summed E-state index contributed by atoms with van der Waals surface area (Å²) in [6.07, 6.45) is 0. The molecule has 5 heteroatoms. The molecule has 0 amide bonds. The van der Waals surface area contributed by atoms with Crippen LogP contribution >= 0.6 is 11.8 Å². The maximum Gasteiger partial charge on any atom is 0.319 e. The monoisotopic (exact) mass is 264 g/mol. The van der Waals surface area contributed by atoms with Crippen molar-refractivity contribution >= 4 is 17.7 Å². The van der Waals surface area contributed by atoms with Crippen LogP contribution in [-0.4, -0.2) is 22.8 Å². The van der Waals surface area contributed by atoms with E-state index < -0.39 is 0 Å². The third kappa shape index (κ3) is 3.47. The number of hydrogen-bond donors (Lipinski definition) is 0. The number of pyridine rings is 1. The number of aromatic nitrogens is 1. The van der Waals surface area contributed by atoms with Gasteiger partial charge in [0, 0.05) is 5.69 Å². The molecule has 0 radical (unpaired) electrons. The molecule has 0 saturated carbocycles. The van der Waals surface area contributed by atoms with Crippen molar-refractivity contribution < 1.29 is 9.53 Å². The Bertz CT molecular complexity index is 494. The fourth-order valence-electron chi connectivity index (χ4n) is 1.33. The van der Waals surface area contributed by atoms with Crippen LogP contribution in [0.4, 0.5) is 0 Å². The Balaban J connectivity index is 2.94. The van der Waals surface area contributed by atoms with Crippen molar-refractivity contribution in [3.05, 3.63) is 22.9 Å². The van der Waals surface area contributed by atoms with Crippen LogP contribution in [0.5, 0.6) is 0 Å². The van der Waals surface area contributed by atoms with Crippen molar-refractivity contribution in [2.24, 2.45) is 0 Å². The predicted molar refractivity (Wildman–Crippen MR) is 70.4 cm³/mol. The van der Waals surface area contributed by atoms with Crippen LogP contribution in [0.15, 0.2) is 11.1 Å². The molecule has 0 spiro atoms. The molecule has 0 N–H and O–H groups in total. The summed E-state index contributed by atoms with van der Waals surface area (Å²) in [6, 6.07) is 3.90. The highest BCUT2D eigenvalue weighted by molar-refractivity contribution is 8.00. The highest BCUT2D eigenvalue weighted by Crippen LogP contribution is 2.26. The van der Waals surface area contributed by atoms with Crippen molar-refractivity contribution in [2.75, 3.05) is 6.61 Å². The summed E-state index contributed by atoms with van der Waals surface area (Å²) in [5, 5.41) is 9.28. The Kier molecular flexibility index (Phi) is 5.17. The third-order valence-corrected chi connectivity index (χ3v) is 3.54. The Morgan fingerprint density at radius 1 is 1.61 bits per heavy atom. The summed E-state index contributed by atoms with van der Waals surface area (Å²) in [6.45, 7) is 7.67. The molecule has 1 atom stereocenters. The minimum absolute atomic E-state index is 0.286. The summed E-state index contributed by atoms with van der Waals surface area (Å²) in [7, 11) is 0. The second kappa shape index (κ2) is 6.41. The zero-order valence-corrected chi connectivity index (χ0v) is 11.8. The van der Waals surface area contributed by atoms with Gasteiger partial charge in [-0.1, -0.05) is 11.8 Å². The molecule has 0 fully saturated rings. The molecular formula is C13H16N2O2S. The lowest BCUT2D eigenvalue weighted by Gasteiger charge is -2.11. The maximum atomic E-state index is 11.5. The van der Waals surface area contributed by atoms with Gasteiger partial charge in [0.05, 0.1) is 12.2 Å². The van der Waals surface area contributed by atoms with E-state index in [1.54, 1.807) is 19.9 Å². The Morgan fingerprint density at radius 3 is 2.83 bits per heavy atom. The SMILES string of the molecule is CCOC(=O)[C@@H](C)Sc1nc(C)c(C)cc1C#N. The minimum atomic E-state index is -0.369. The molecule has 0 unspecified atom stereocenters. The van der Waals surface area contributed by atoms with Crippen LogP contribution in [0.25, 0.3) is 0 Å². The molecule has 18 heavy (non-hydrogen) atoms. The fraction of sp³-hybridized carbons (Fsp3) is 0.462. The number of hydrogen-bond acceptors (Lipinski definition) is 5. The molecule has 1 aromatic rings. The summed E-state index contributed by atoms with van der Waals surface area (Å²) in [5.41, 5.74) is 2.34. The van der Waals surface area contributed by atoms with Gasteiger partial charge >= 0.3 is 5.97 Å². The number of esters is 1. The molecular weight excluding hydrogens is 248 g/mol. The first kappa shape index (κ1) is 14.5. The lowest BCUT2D eigenvalue weighted by atomic mass is 10.2. The molecule has 0 bridgehead atoms. The summed E-state index contributed by atoms with van der Waals surface area (Å²) in [5.74, 6) is -0.286. The largest absolute Gasteiger partial charge is 0.465 e. The van der Waals surface area contributed by atoms with E-state index in [4.69, 9.17) is 10.00 Å². The molecule has 1 rings (SSSR count). The van der Waals surface area contributed by atoms with Crippen molar-refractivity contribution in [3.63, 3.8) is 0 Å². The fourth-order valence-corrected chi connectivity index (χ4v) is 2.25. The van der Waals surface area contributed by atoms with Gasteiger partial charge in [0.15, 0.2) is 0 Å². The standard InChI is InChI=1S/C13H16N2O2S/c1-5-17-13(16)10(4)18-12-11(7-14)6-8(2)9(3)15-12/h6,10H,5H2,1-4H3/t10-/m1/s1. The Labute approximate surface area is 111 Å². The topological polar surface area (TPSA) is 63.0 Å². The van der Waals surface area contributed by atoms with E-state index in [9.17, 15) is 4.79 Å². The normalized spacial score (nSPS) is 11.7. The molecule has 0 aliphatic rings. The number of nitriles is 1. The summed E-state index contributed by atoms with van der Waals surface area (Å²) in [4.78, 5) is 15.9. The van der Waals surface area contributed by atoms with E-state index in [0.717, 1.165) is 11.3 Å². The van der Waals surface area contributed by atoms with Gasteiger partial charge in [0.25, 0.3) is 0 Å². The van der Waals surface area contributed by atoms with E-state index in [1.807, 2.05) is 13.8 Å². The van der Waals surface area contributed by atoms with E-state index in [1.165, 1.54) is 11.8 Å². The highest BCUT2D eigenvalue weighted by atomic mass is 32.2. The first-order valence-electron chi connectivity index (χ1n) is 5.71. The number of ether oxygens (including phenoxy) is 1. The average molecular weight is 264 g/mol. The molecule has 1 heterocycles. The minimum Gasteiger partial charge on any atom is -0.465 e. The molecule has 0 aromatic carbocycles. The zero-order chi connectivity index (χ0) is 13.7. The van der Waals surface area contributed by atoms with Gasteiger partial charge in [0.2, 0.25) is 0 Å². The van der Waals surface area contributed by atoms with Crippen molar-refractivity contribution in [1.29, 1.82) is 5.26 Å². The number of carbonyl (C=O) groups is 1. The van der Waals surface area contributed by atoms with Crippen LogP contribution in [-0.2, 0) is 9.53 Å². The highest BCUT2D eigenvalue weighted by Gasteiger charge is 2.18. The first-order chi connectivity index (χ1) is 8.49. The number of carbonyl (C=O) groups excluding carboxylic acids is 1. The van der Waals surface area contributed by atoms with Crippen LogP contribution in [0.2, 0.25) is 0 Å². The Hall–Kier alpha value is -1.54. The quantitative estimate of drug-likeness (QED) is 0.618. The van der Waals surface area contributed by atoms with Crippen LogP contribution in [0.1, 0.15) is 30.7 Å². The van der Waals surface area contributed by atoms with Gasteiger partial charge in [-0.2, -0.15) is 5.26 Å². The number of aryl methyl sites for hydroxylation is 2. The van der Waals surface area contributed by atoms with Crippen LogP contribution in [0, 0.1) is 25.2 Å². The first-order valence-corrected chi connectivity index (χ1v) is 6.59. The van der Waals surface area contributed by atoms with Crippen molar-refractivity contribution in [3.8, 4) is 6.07 Å². The van der Waals surface area contributed by atoms with Gasteiger partial charge in [-0.15, -0.1) is 0 Å². The van der Waals surface area contributed by atoms with E-state index in [-0.39, 0.29) is 11.2 Å². The van der Waals surface area contributed by atoms with Crippen LogP contribution in [0.3, 0.4) is 0 Å². The molecule has 96 valence electrons.